The van der Waals surface area contributed by atoms with E-state index in [1.165, 1.54) is 13.0 Å². The molecule has 1 atom stereocenters. The van der Waals surface area contributed by atoms with Crippen molar-refractivity contribution in [3.63, 3.8) is 0 Å². The number of benzene rings is 2. The third-order valence-corrected chi connectivity index (χ3v) is 4.20. The molecule has 1 amide bonds. The summed E-state index contributed by atoms with van der Waals surface area (Å²) in [5.41, 5.74) is 0.728. The monoisotopic (exact) mass is 416 g/mol. The molecule has 0 aliphatic carbocycles. The second kappa shape index (κ2) is 9.74. The fourth-order valence-electron chi connectivity index (χ4n) is 2.42. The third-order valence-electron chi connectivity index (χ3n) is 4.20. The predicted molar refractivity (Wildman–Crippen MR) is 105 cm³/mol. The highest BCUT2D eigenvalue weighted by Gasteiger charge is 2.23. The van der Waals surface area contributed by atoms with Crippen LogP contribution in [0.5, 0.6) is 0 Å². The van der Waals surface area contributed by atoms with Gasteiger partial charge in [0.05, 0.1) is 5.69 Å². The van der Waals surface area contributed by atoms with Gasteiger partial charge in [-0.2, -0.15) is 5.26 Å². The number of hydrogen-bond acceptors (Lipinski definition) is 4. The lowest BCUT2D eigenvalue weighted by Gasteiger charge is -2.14. The minimum absolute atomic E-state index is 0.321. The Balaban J connectivity index is 2.08. The number of esters is 1. The number of nitriles is 1. The van der Waals surface area contributed by atoms with Gasteiger partial charge in [-0.1, -0.05) is 38.1 Å². The van der Waals surface area contributed by atoms with Crippen LogP contribution < -0.4 is 5.32 Å². The van der Waals surface area contributed by atoms with E-state index in [1.54, 1.807) is 18.2 Å². The summed E-state index contributed by atoms with van der Waals surface area (Å²) in [6, 6.07) is 10.4. The topological polar surface area (TPSA) is 79.2 Å². The van der Waals surface area contributed by atoms with Gasteiger partial charge >= 0.3 is 5.97 Å². The molecule has 0 aliphatic heterocycles. The van der Waals surface area contributed by atoms with Crippen molar-refractivity contribution >= 4 is 23.6 Å². The highest BCUT2D eigenvalue weighted by molar-refractivity contribution is 6.01. The smallest absolute Gasteiger partial charge is 0.349 e. The summed E-state index contributed by atoms with van der Waals surface area (Å²) in [6.45, 7) is 5.25. The lowest BCUT2D eigenvalue weighted by molar-refractivity contribution is -0.148. The number of anilines is 1. The van der Waals surface area contributed by atoms with Gasteiger partial charge in [0.2, 0.25) is 0 Å². The largest absolute Gasteiger partial charge is 0.448 e. The zero-order valence-electron chi connectivity index (χ0n) is 16.5. The molecule has 1 N–H and O–H groups in total. The van der Waals surface area contributed by atoms with E-state index >= 15 is 0 Å². The first-order chi connectivity index (χ1) is 14.1. The van der Waals surface area contributed by atoms with Crippen molar-refractivity contribution in [2.75, 3.05) is 5.32 Å². The van der Waals surface area contributed by atoms with Crippen LogP contribution in [0.25, 0.3) is 6.08 Å². The van der Waals surface area contributed by atoms with Crippen LogP contribution in [0.2, 0.25) is 0 Å². The third kappa shape index (κ3) is 5.47. The molecule has 2 rings (SSSR count). The zero-order valence-corrected chi connectivity index (χ0v) is 16.5. The highest BCUT2D eigenvalue weighted by Crippen LogP contribution is 2.20. The van der Waals surface area contributed by atoms with Crippen LogP contribution in [-0.4, -0.2) is 18.0 Å². The van der Waals surface area contributed by atoms with Gasteiger partial charge in [-0.15, -0.1) is 0 Å². The molecule has 8 heteroatoms. The number of ether oxygens (including phenoxy) is 1. The van der Waals surface area contributed by atoms with E-state index < -0.39 is 41.1 Å². The molecular formula is C22H19F3N2O3. The number of amides is 1. The number of halogens is 3. The molecule has 0 unspecified atom stereocenters. The summed E-state index contributed by atoms with van der Waals surface area (Å²) in [7, 11) is 0. The number of nitrogens with one attached hydrogen (secondary N) is 1. The standard InChI is InChI=1S/C22H19F3N2O3/c1-12(2)15-6-4-14(5-7-15)10-16(11-26)22(29)30-13(3)21(28)27-18-9-8-17(23)19(24)20(18)25/h4-10,12-13H,1-3H3,(H,27,28)/b16-10+/t13-/m1/s1. The van der Waals surface area contributed by atoms with Crippen molar-refractivity contribution < 1.29 is 27.5 Å². The van der Waals surface area contributed by atoms with Crippen LogP contribution >= 0.6 is 0 Å². The maximum absolute atomic E-state index is 13.7. The lowest BCUT2D eigenvalue weighted by atomic mass is 10.0. The predicted octanol–water partition coefficient (Wildman–Crippen LogP) is 4.70. The van der Waals surface area contributed by atoms with Gasteiger partial charge in [-0.3, -0.25) is 4.79 Å². The quantitative estimate of drug-likeness (QED) is 0.320. The molecule has 0 spiro atoms. The van der Waals surface area contributed by atoms with E-state index in [0.29, 0.717) is 17.5 Å². The molecule has 0 heterocycles. The van der Waals surface area contributed by atoms with E-state index in [0.717, 1.165) is 11.6 Å². The summed E-state index contributed by atoms with van der Waals surface area (Å²) in [4.78, 5) is 24.3. The second-order valence-corrected chi connectivity index (χ2v) is 6.75. The molecule has 0 saturated carbocycles. The van der Waals surface area contributed by atoms with Gasteiger partial charge < -0.3 is 10.1 Å². The number of rotatable bonds is 6. The average Bonchev–Trinajstić information content (AvgIpc) is 2.72. The maximum atomic E-state index is 13.7. The Morgan fingerprint density at radius 3 is 2.23 bits per heavy atom. The summed E-state index contributed by atoms with van der Waals surface area (Å²) in [5, 5.41) is 11.2. The van der Waals surface area contributed by atoms with Crippen LogP contribution in [0.15, 0.2) is 42.0 Å². The molecule has 0 aliphatic rings. The van der Waals surface area contributed by atoms with Crippen molar-refractivity contribution in [1.29, 1.82) is 5.26 Å². The summed E-state index contributed by atoms with van der Waals surface area (Å²) in [5.74, 6) is -6.44. The Labute approximate surface area is 171 Å². The first kappa shape index (κ1) is 22.7. The van der Waals surface area contributed by atoms with E-state index in [9.17, 15) is 28.0 Å². The lowest BCUT2D eigenvalue weighted by Crippen LogP contribution is -2.30. The summed E-state index contributed by atoms with van der Waals surface area (Å²) in [6.07, 6.45) is -0.114. The van der Waals surface area contributed by atoms with Gasteiger partial charge in [-0.05, 0) is 42.2 Å². The first-order valence-electron chi connectivity index (χ1n) is 9.01. The second-order valence-electron chi connectivity index (χ2n) is 6.75. The number of nitrogens with zero attached hydrogens (tertiary/aromatic N) is 1. The van der Waals surface area contributed by atoms with Gasteiger partial charge in [0.15, 0.2) is 23.6 Å². The molecule has 0 fully saturated rings. The van der Waals surface area contributed by atoms with Crippen LogP contribution in [0, 0.1) is 28.8 Å². The molecule has 0 saturated heterocycles. The number of hydrogen-bond donors (Lipinski definition) is 1. The Hall–Kier alpha value is -3.60. The molecule has 2 aromatic carbocycles. The van der Waals surface area contributed by atoms with Crippen molar-refractivity contribution in [3.05, 3.63) is 70.5 Å². The van der Waals surface area contributed by atoms with Crippen molar-refractivity contribution in [1.82, 2.24) is 0 Å². The highest BCUT2D eigenvalue weighted by atomic mass is 19.2. The van der Waals surface area contributed by atoms with E-state index in [-0.39, 0.29) is 5.57 Å². The Bertz CT molecular complexity index is 1030. The average molecular weight is 416 g/mol. The maximum Gasteiger partial charge on any atom is 0.349 e. The molecule has 0 bridgehead atoms. The Kier molecular flexibility index (Phi) is 7.37. The molecule has 0 aromatic heterocycles. The van der Waals surface area contributed by atoms with Crippen LogP contribution in [0.4, 0.5) is 18.9 Å². The van der Waals surface area contributed by atoms with Gasteiger partial charge in [0.25, 0.3) is 5.91 Å². The summed E-state index contributed by atoms with van der Waals surface area (Å²) >= 11 is 0. The van der Waals surface area contributed by atoms with E-state index in [1.807, 2.05) is 31.3 Å². The fraction of sp³-hybridized carbons (Fsp3) is 0.227. The van der Waals surface area contributed by atoms with Gasteiger partial charge in [-0.25, -0.2) is 18.0 Å². The zero-order chi connectivity index (χ0) is 22.4. The SMILES string of the molecule is CC(C)c1ccc(/C=C(\C#N)C(=O)O[C@H](C)C(=O)Nc2ccc(F)c(F)c2F)cc1. The molecule has 0 radical (unpaired) electrons. The van der Waals surface area contributed by atoms with Crippen molar-refractivity contribution in [2.24, 2.45) is 0 Å². The van der Waals surface area contributed by atoms with Crippen LogP contribution in [-0.2, 0) is 14.3 Å². The van der Waals surface area contributed by atoms with Crippen molar-refractivity contribution in [3.8, 4) is 6.07 Å². The molecule has 30 heavy (non-hydrogen) atoms. The molecule has 156 valence electrons. The van der Waals surface area contributed by atoms with Crippen LogP contribution in [0.3, 0.4) is 0 Å². The van der Waals surface area contributed by atoms with E-state index in [4.69, 9.17) is 4.74 Å². The normalized spacial score (nSPS) is 12.3. The Morgan fingerprint density at radius 1 is 1.03 bits per heavy atom. The van der Waals surface area contributed by atoms with E-state index in [2.05, 4.69) is 0 Å². The summed E-state index contributed by atoms with van der Waals surface area (Å²) < 4.78 is 44.8. The van der Waals surface area contributed by atoms with Gasteiger partial charge in [0, 0.05) is 0 Å². The van der Waals surface area contributed by atoms with Crippen molar-refractivity contribution in [2.45, 2.75) is 32.8 Å². The first-order valence-corrected chi connectivity index (χ1v) is 9.01. The van der Waals surface area contributed by atoms with Crippen LogP contribution in [0.1, 0.15) is 37.8 Å². The molecule has 5 nitrogen and oxygen atoms in total. The number of carbonyl (C=O) groups excluding carboxylic acids is 2. The van der Waals surface area contributed by atoms with Gasteiger partial charge in [0.1, 0.15) is 11.6 Å². The molecule has 2 aromatic rings. The number of carbonyl (C=O) groups is 2. The minimum atomic E-state index is -1.74. The fourth-order valence-corrected chi connectivity index (χ4v) is 2.42. The molecular weight excluding hydrogens is 397 g/mol. The minimum Gasteiger partial charge on any atom is -0.448 e. The Morgan fingerprint density at radius 2 is 1.67 bits per heavy atom.